The van der Waals surface area contributed by atoms with Crippen molar-refractivity contribution in [3.8, 4) is 0 Å². The minimum Gasteiger partial charge on any atom is -0.478 e. The summed E-state index contributed by atoms with van der Waals surface area (Å²) in [4.78, 5) is 14.6. The van der Waals surface area contributed by atoms with Crippen molar-refractivity contribution >= 4 is 17.7 Å². The first kappa shape index (κ1) is 10.1. The molecular weight excluding hydrogens is 186 g/mol. The first-order valence-electron chi connectivity index (χ1n) is 4.06. The zero-order valence-electron chi connectivity index (χ0n) is 7.36. The number of hydrogen-bond donors (Lipinski definition) is 1. The third-order valence-electron chi connectivity index (χ3n) is 1.44. The summed E-state index contributed by atoms with van der Waals surface area (Å²) in [6.07, 6.45) is 2.59. The van der Waals surface area contributed by atoms with E-state index in [0.29, 0.717) is 5.56 Å². The second-order valence-corrected chi connectivity index (χ2v) is 3.65. The molecule has 0 spiro atoms. The highest BCUT2D eigenvalue weighted by molar-refractivity contribution is 7.99. The summed E-state index contributed by atoms with van der Waals surface area (Å²) in [6.45, 7) is 2.08. The summed E-state index contributed by atoms with van der Waals surface area (Å²) >= 11 is 1.58. The van der Waals surface area contributed by atoms with Crippen LogP contribution in [0.4, 0.5) is 0 Å². The Morgan fingerprint density at radius 1 is 1.69 bits per heavy atom. The van der Waals surface area contributed by atoms with Crippen LogP contribution >= 0.6 is 11.8 Å². The Morgan fingerprint density at radius 2 is 2.46 bits per heavy atom. The van der Waals surface area contributed by atoms with Gasteiger partial charge in [-0.2, -0.15) is 0 Å². The third-order valence-corrected chi connectivity index (χ3v) is 2.57. The number of thioether (sulfide) groups is 1. The molecule has 4 heteroatoms. The van der Waals surface area contributed by atoms with Crippen molar-refractivity contribution in [2.75, 3.05) is 5.75 Å². The Morgan fingerprint density at radius 3 is 3.08 bits per heavy atom. The molecule has 0 radical (unpaired) electrons. The molecule has 1 rings (SSSR count). The van der Waals surface area contributed by atoms with Crippen LogP contribution in [0.1, 0.15) is 23.7 Å². The van der Waals surface area contributed by atoms with Gasteiger partial charge in [0.25, 0.3) is 0 Å². The fourth-order valence-corrected chi connectivity index (χ4v) is 1.59. The van der Waals surface area contributed by atoms with E-state index in [-0.39, 0.29) is 0 Å². The molecule has 0 aromatic carbocycles. The third kappa shape index (κ3) is 3.06. The van der Waals surface area contributed by atoms with E-state index in [4.69, 9.17) is 5.11 Å². The lowest BCUT2D eigenvalue weighted by Gasteiger charge is -1.99. The second-order valence-electron chi connectivity index (χ2n) is 2.54. The van der Waals surface area contributed by atoms with Crippen LogP contribution in [0.2, 0.25) is 0 Å². The minimum atomic E-state index is -0.902. The van der Waals surface area contributed by atoms with E-state index in [0.717, 1.165) is 17.2 Å². The number of aromatic carboxylic acids is 1. The summed E-state index contributed by atoms with van der Waals surface area (Å²) in [6, 6.07) is 3.10. The smallest absolute Gasteiger partial charge is 0.335 e. The van der Waals surface area contributed by atoms with E-state index in [9.17, 15) is 4.79 Å². The molecule has 3 nitrogen and oxygen atoms in total. The molecule has 0 amide bonds. The van der Waals surface area contributed by atoms with Crippen LogP contribution in [-0.4, -0.2) is 21.8 Å². The fraction of sp³-hybridized carbons (Fsp3) is 0.333. The highest BCUT2D eigenvalue weighted by Gasteiger charge is 2.03. The molecule has 13 heavy (non-hydrogen) atoms. The number of carboxylic acids is 1. The largest absolute Gasteiger partial charge is 0.478 e. The van der Waals surface area contributed by atoms with E-state index in [1.165, 1.54) is 12.3 Å². The maximum Gasteiger partial charge on any atom is 0.335 e. The van der Waals surface area contributed by atoms with Crippen molar-refractivity contribution in [2.24, 2.45) is 0 Å². The molecule has 0 aliphatic carbocycles. The zero-order chi connectivity index (χ0) is 9.68. The van der Waals surface area contributed by atoms with Gasteiger partial charge in [0.1, 0.15) is 0 Å². The van der Waals surface area contributed by atoms with Gasteiger partial charge in [0.15, 0.2) is 0 Å². The van der Waals surface area contributed by atoms with Gasteiger partial charge in [-0.3, -0.25) is 0 Å². The van der Waals surface area contributed by atoms with Gasteiger partial charge >= 0.3 is 5.97 Å². The average molecular weight is 197 g/mol. The number of rotatable bonds is 4. The monoisotopic (exact) mass is 197 g/mol. The first-order chi connectivity index (χ1) is 6.24. The molecule has 1 aromatic rings. The van der Waals surface area contributed by atoms with Gasteiger partial charge < -0.3 is 5.11 Å². The zero-order valence-corrected chi connectivity index (χ0v) is 8.17. The van der Waals surface area contributed by atoms with Crippen molar-refractivity contribution < 1.29 is 9.90 Å². The number of carbonyl (C=O) groups is 1. The predicted molar refractivity (Wildman–Crippen MR) is 52.2 cm³/mol. The molecule has 0 aliphatic heterocycles. The Kier molecular flexibility index (Phi) is 3.76. The highest BCUT2D eigenvalue weighted by atomic mass is 32.2. The van der Waals surface area contributed by atoms with Crippen LogP contribution in [0.5, 0.6) is 0 Å². The van der Waals surface area contributed by atoms with Crippen LogP contribution in [0.25, 0.3) is 0 Å². The van der Waals surface area contributed by atoms with Gasteiger partial charge in [-0.25, -0.2) is 9.78 Å². The standard InChI is InChI=1S/C9H11NO2S/c1-2-5-13-8-6-7(9(11)12)3-4-10-8/h3-4,6H,2,5H2,1H3,(H,11,12). The maximum atomic E-state index is 10.6. The molecule has 0 saturated heterocycles. The molecule has 0 fully saturated rings. The van der Waals surface area contributed by atoms with Gasteiger partial charge in [0.05, 0.1) is 10.6 Å². The van der Waals surface area contributed by atoms with Crippen LogP contribution in [0.15, 0.2) is 23.4 Å². The van der Waals surface area contributed by atoms with E-state index in [2.05, 4.69) is 11.9 Å². The van der Waals surface area contributed by atoms with Crippen molar-refractivity contribution in [3.63, 3.8) is 0 Å². The summed E-state index contributed by atoms with van der Waals surface area (Å²) in [5, 5.41) is 9.48. The van der Waals surface area contributed by atoms with Gasteiger partial charge in [-0.1, -0.05) is 6.92 Å². The molecular formula is C9H11NO2S. The Bertz CT molecular complexity index is 301. The van der Waals surface area contributed by atoms with E-state index >= 15 is 0 Å². The lowest BCUT2D eigenvalue weighted by atomic mass is 10.3. The van der Waals surface area contributed by atoms with Crippen LogP contribution in [0, 0.1) is 0 Å². The predicted octanol–water partition coefficient (Wildman–Crippen LogP) is 2.28. The van der Waals surface area contributed by atoms with Crippen molar-refractivity contribution in [1.29, 1.82) is 0 Å². The summed E-state index contributed by atoms with van der Waals surface area (Å²) in [5.74, 6) is 0.0662. The molecule has 1 N–H and O–H groups in total. The molecule has 0 atom stereocenters. The molecule has 0 unspecified atom stereocenters. The molecule has 0 aliphatic rings. The van der Waals surface area contributed by atoms with Gasteiger partial charge in [-0.05, 0) is 24.3 Å². The summed E-state index contributed by atoms with van der Waals surface area (Å²) in [5.41, 5.74) is 0.300. The first-order valence-corrected chi connectivity index (χ1v) is 5.04. The van der Waals surface area contributed by atoms with Crippen LogP contribution < -0.4 is 0 Å². The van der Waals surface area contributed by atoms with Crippen LogP contribution in [0.3, 0.4) is 0 Å². The van der Waals surface area contributed by atoms with Crippen molar-refractivity contribution in [1.82, 2.24) is 4.98 Å². The maximum absolute atomic E-state index is 10.6. The van der Waals surface area contributed by atoms with E-state index in [1.54, 1.807) is 17.8 Å². The number of carboxylic acid groups (broad SMARTS) is 1. The van der Waals surface area contributed by atoms with Gasteiger partial charge in [0.2, 0.25) is 0 Å². The SMILES string of the molecule is CCCSc1cc(C(=O)O)ccn1. The average Bonchev–Trinajstić information content (AvgIpc) is 2.15. The number of pyridine rings is 1. The molecule has 0 bridgehead atoms. The van der Waals surface area contributed by atoms with Crippen LogP contribution in [-0.2, 0) is 0 Å². The summed E-state index contributed by atoms with van der Waals surface area (Å²) < 4.78 is 0. The van der Waals surface area contributed by atoms with Crippen molar-refractivity contribution in [3.05, 3.63) is 23.9 Å². The van der Waals surface area contributed by atoms with Gasteiger partial charge in [-0.15, -0.1) is 11.8 Å². The molecule has 0 saturated carbocycles. The van der Waals surface area contributed by atoms with Crippen molar-refractivity contribution in [2.45, 2.75) is 18.4 Å². The van der Waals surface area contributed by atoms with E-state index < -0.39 is 5.97 Å². The molecule has 1 aromatic heterocycles. The number of nitrogens with zero attached hydrogens (tertiary/aromatic N) is 1. The lowest BCUT2D eigenvalue weighted by Crippen LogP contribution is -1.96. The number of aromatic nitrogens is 1. The Labute approximate surface area is 81.2 Å². The van der Waals surface area contributed by atoms with E-state index in [1.807, 2.05) is 0 Å². The Hall–Kier alpha value is -1.03. The number of hydrogen-bond acceptors (Lipinski definition) is 3. The topological polar surface area (TPSA) is 50.2 Å². The lowest BCUT2D eigenvalue weighted by molar-refractivity contribution is 0.0696. The summed E-state index contributed by atoms with van der Waals surface area (Å²) in [7, 11) is 0. The van der Waals surface area contributed by atoms with Gasteiger partial charge in [0, 0.05) is 6.20 Å². The normalized spacial score (nSPS) is 9.92. The second kappa shape index (κ2) is 4.87. The quantitative estimate of drug-likeness (QED) is 0.752. The molecule has 70 valence electrons. The Balaban J connectivity index is 2.73. The highest BCUT2D eigenvalue weighted by Crippen LogP contribution is 2.16. The molecule has 1 heterocycles. The fourth-order valence-electron chi connectivity index (χ4n) is 0.828. The minimum absolute atomic E-state index is 0.300.